The van der Waals surface area contributed by atoms with Crippen molar-refractivity contribution >= 4 is 23.2 Å². The monoisotopic (exact) mass is 392 g/mol. The Hall–Kier alpha value is -3.38. The van der Waals surface area contributed by atoms with Crippen molar-refractivity contribution < 1.29 is 9.53 Å². The molecule has 0 radical (unpaired) electrons. The zero-order valence-corrected chi connectivity index (χ0v) is 15.6. The largest absolute Gasteiger partial charge is 0.492 e. The van der Waals surface area contributed by atoms with E-state index < -0.39 is 0 Å². The second-order valence-corrected chi connectivity index (χ2v) is 6.50. The second kappa shape index (κ2) is 8.10. The summed E-state index contributed by atoms with van der Waals surface area (Å²) in [6.45, 7) is 0.749. The highest BCUT2D eigenvalue weighted by Gasteiger charge is 2.13. The number of hydrogen-bond acceptors (Lipinski definition) is 4. The lowest BCUT2D eigenvalue weighted by molar-refractivity contribution is 0.0942. The predicted molar refractivity (Wildman–Crippen MR) is 108 cm³/mol. The van der Waals surface area contributed by atoms with E-state index in [1.807, 2.05) is 48.5 Å². The number of para-hydroxylation sites is 1. The Balaban J connectivity index is 1.46. The van der Waals surface area contributed by atoms with E-state index >= 15 is 0 Å². The van der Waals surface area contributed by atoms with Crippen LogP contribution in [0.5, 0.6) is 5.75 Å². The average Bonchev–Trinajstić information content (AvgIpc) is 3.15. The Morgan fingerprint density at radius 2 is 1.96 bits per heavy atom. The Morgan fingerprint density at radius 3 is 2.79 bits per heavy atom. The molecule has 0 saturated carbocycles. The number of fused-ring (bicyclic) bond motifs is 1. The molecule has 2 aromatic heterocycles. The van der Waals surface area contributed by atoms with Crippen LogP contribution in [0.2, 0.25) is 5.02 Å². The standard InChI is InChI=1S/C21H17ClN4O2/c22-16-6-4-5-15(13-16)18-14-24-26-11-9-19(25-20(18)26)21(27)23-10-12-28-17-7-2-1-3-8-17/h1-9,11,13-14H,10,12H2,(H,23,27). The van der Waals surface area contributed by atoms with Crippen molar-refractivity contribution in [2.24, 2.45) is 0 Å². The summed E-state index contributed by atoms with van der Waals surface area (Å²) in [5.41, 5.74) is 2.61. The van der Waals surface area contributed by atoms with Crippen LogP contribution in [0, 0.1) is 0 Å². The SMILES string of the molecule is O=C(NCCOc1ccccc1)c1ccn2ncc(-c3cccc(Cl)c3)c2n1. The van der Waals surface area contributed by atoms with Crippen LogP contribution >= 0.6 is 11.6 Å². The summed E-state index contributed by atoms with van der Waals surface area (Å²) in [6, 6.07) is 18.5. The lowest BCUT2D eigenvalue weighted by atomic mass is 10.1. The lowest BCUT2D eigenvalue weighted by Gasteiger charge is -2.08. The topological polar surface area (TPSA) is 68.5 Å². The van der Waals surface area contributed by atoms with Gasteiger partial charge >= 0.3 is 0 Å². The van der Waals surface area contributed by atoms with Gasteiger partial charge in [0.2, 0.25) is 0 Å². The molecule has 0 aliphatic heterocycles. The van der Waals surface area contributed by atoms with Gasteiger partial charge in [-0.25, -0.2) is 9.50 Å². The minimum Gasteiger partial charge on any atom is -0.492 e. The molecule has 4 rings (SSSR count). The van der Waals surface area contributed by atoms with Crippen molar-refractivity contribution in [2.45, 2.75) is 0 Å². The van der Waals surface area contributed by atoms with Gasteiger partial charge in [-0.2, -0.15) is 5.10 Å². The molecule has 4 aromatic rings. The minimum atomic E-state index is -0.266. The van der Waals surface area contributed by atoms with Gasteiger partial charge < -0.3 is 10.1 Å². The molecule has 0 aliphatic rings. The number of aromatic nitrogens is 3. The maximum Gasteiger partial charge on any atom is 0.270 e. The van der Waals surface area contributed by atoms with Gasteiger partial charge in [0.25, 0.3) is 5.91 Å². The first-order chi connectivity index (χ1) is 13.7. The highest BCUT2D eigenvalue weighted by molar-refractivity contribution is 6.30. The van der Waals surface area contributed by atoms with E-state index in [0.717, 1.165) is 16.9 Å². The van der Waals surface area contributed by atoms with Gasteiger partial charge in [-0.1, -0.05) is 41.9 Å². The molecule has 1 amide bonds. The summed E-state index contributed by atoms with van der Waals surface area (Å²) < 4.78 is 7.21. The molecule has 28 heavy (non-hydrogen) atoms. The molecule has 0 fully saturated rings. The number of nitrogens with one attached hydrogen (secondary N) is 1. The molecular formula is C21H17ClN4O2. The van der Waals surface area contributed by atoms with E-state index in [1.54, 1.807) is 29.0 Å². The molecule has 2 aromatic carbocycles. The summed E-state index contributed by atoms with van der Waals surface area (Å²) >= 11 is 6.09. The molecule has 1 N–H and O–H groups in total. The van der Waals surface area contributed by atoms with Gasteiger partial charge in [-0.15, -0.1) is 0 Å². The molecule has 140 valence electrons. The predicted octanol–water partition coefficient (Wildman–Crippen LogP) is 3.86. The number of carbonyl (C=O) groups is 1. The third-order valence-electron chi connectivity index (χ3n) is 4.14. The number of nitrogens with zero attached hydrogens (tertiary/aromatic N) is 3. The molecule has 0 saturated heterocycles. The van der Waals surface area contributed by atoms with E-state index in [2.05, 4.69) is 15.4 Å². The van der Waals surface area contributed by atoms with E-state index in [-0.39, 0.29) is 5.91 Å². The van der Waals surface area contributed by atoms with Gasteiger partial charge in [-0.05, 0) is 35.9 Å². The number of carbonyl (C=O) groups excluding carboxylic acids is 1. The molecule has 0 atom stereocenters. The fraction of sp³-hybridized carbons (Fsp3) is 0.0952. The summed E-state index contributed by atoms with van der Waals surface area (Å²) in [5, 5.41) is 7.74. The summed E-state index contributed by atoms with van der Waals surface area (Å²) in [6.07, 6.45) is 3.43. The smallest absolute Gasteiger partial charge is 0.270 e. The number of rotatable bonds is 6. The maximum absolute atomic E-state index is 12.4. The maximum atomic E-state index is 12.4. The van der Waals surface area contributed by atoms with Gasteiger partial charge in [0, 0.05) is 16.8 Å². The van der Waals surface area contributed by atoms with E-state index in [9.17, 15) is 4.79 Å². The van der Waals surface area contributed by atoms with Crippen molar-refractivity contribution in [3.8, 4) is 16.9 Å². The van der Waals surface area contributed by atoms with Crippen LogP contribution < -0.4 is 10.1 Å². The second-order valence-electron chi connectivity index (χ2n) is 6.07. The molecule has 6 nitrogen and oxygen atoms in total. The van der Waals surface area contributed by atoms with E-state index in [0.29, 0.717) is 29.5 Å². The van der Waals surface area contributed by atoms with Crippen LogP contribution in [0.25, 0.3) is 16.8 Å². The number of amides is 1. The summed E-state index contributed by atoms with van der Waals surface area (Å²) in [4.78, 5) is 16.9. The van der Waals surface area contributed by atoms with Gasteiger partial charge in [0.05, 0.1) is 12.7 Å². The number of hydrogen-bond donors (Lipinski definition) is 1. The highest BCUT2D eigenvalue weighted by Crippen LogP contribution is 2.25. The average molecular weight is 393 g/mol. The quantitative estimate of drug-likeness (QED) is 0.506. The molecule has 7 heteroatoms. The van der Waals surface area contributed by atoms with Crippen LogP contribution in [-0.2, 0) is 0 Å². The third kappa shape index (κ3) is 3.97. The van der Waals surface area contributed by atoms with Crippen molar-refractivity contribution in [3.63, 3.8) is 0 Å². The molecule has 0 spiro atoms. The van der Waals surface area contributed by atoms with E-state index in [1.165, 1.54) is 0 Å². The van der Waals surface area contributed by atoms with Crippen LogP contribution in [0.4, 0.5) is 0 Å². The molecule has 0 aliphatic carbocycles. The highest BCUT2D eigenvalue weighted by atomic mass is 35.5. The van der Waals surface area contributed by atoms with Gasteiger partial charge in [0.15, 0.2) is 5.65 Å². The fourth-order valence-corrected chi connectivity index (χ4v) is 2.99. The third-order valence-corrected chi connectivity index (χ3v) is 4.37. The zero-order chi connectivity index (χ0) is 19.3. The number of benzene rings is 2. The van der Waals surface area contributed by atoms with Crippen molar-refractivity contribution in [3.05, 3.63) is 83.8 Å². The van der Waals surface area contributed by atoms with Gasteiger partial charge in [0.1, 0.15) is 18.1 Å². The summed E-state index contributed by atoms with van der Waals surface area (Å²) in [7, 11) is 0. The zero-order valence-electron chi connectivity index (χ0n) is 14.9. The molecule has 2 heterocycles. The van der Waals surface area contributed by atoms with E-state index in [4.69, 9.17) is 16.3 Å². The lowest BCUT2D eigenvalue weighted by Crippen LogP contribution is -2.28. The van der Waals surface area contributed by atoms with Crippen molar-refractivity contribution in [2.75, 3.05) is 13.2 Å². The molecule has 0 bridgehead atoms. The Kier molecular flexibility index (Phi) is 5.21. The van der Waals surface area contributed by atoms with Crippen molar-refractivity contribution in [1.29, 1.82) is 0 Å². The Morgan fingerprint density at radius 1 is 1.11 bits per heavy atom. The van der Waals surface area contributed by atoms with Crippen LogP contribution in [0.1, 0.15) is 10.5 Å². The first-order valence-corrected chi connectivity index (χ1v) is 9.15. The van der Waals surface area contributed by atoms with Crippen LogP contribution in [0.3, 0.4) is 0 Å². The van der Waals surface area contributed by atoms with Crippen LogP contribution in [0.15, 0.2) is 73.1 Å². The fourth-order valence-electron chi connectivity index (χ4n) is 2.80. The Bertz CT molecular complexity index is 1110. The number of halogens is 1. The summed E-state index contributed by atoms with van der Waals surface area (Å²) in [5.74, 6) is 0.499. The first kappa shape index (κ1) is 18.0. The minimum absolute atomic E-state index is 0.266. The Labute approximate surface area is 166 Å². The van der Waals surface area contributed by atoms with Gasteiger partial charge in [-0.3, -0.25) is 4.79 Å². The van der Waals surface area contributed by atoms with Crippen LogP contribution in [-0.4, -0.2) is 33.7 Å². The number of ether oxygens (including phenoxy) is 1. The molecule has 0 unspecified atom stereocenters. The van der Waals surface area contributed by atoms with Crippen molar-refractivity contribution in [1.82, 2.24) is 19.9 Å². The first-order valence-electron chi connectivity index (χ1n) is 8.77. The molecular weight excluding hydrogens is 376 g/mol. The normalized spacial score (nSPS) is 10.8.